The lowest BCUT2D eigenvalue weighted by atomic mass is 10.0. The highest BCUT2D eigenvalue weighted by Crippen LogP contribution is 2.31. The van der Waals surface area contributed by atoms with Crippen LogP contribution in [0.25, 0.3) is 21.7 Å². The number of fused-ring (bicyclic) bond motifs is 3. The summed E-state index contributed by atoms with van der Waals surface area (Å²) >= 11 is 1.75. The van der Waals surface area contributed by atoms with Crippen molar-refractivity contribution in [3.8, 4) is 0 Å². The summed E-state index contributed by atoms with van der Waals surface area (Å²) in [5.74, 6) is 0.735. The molecule has 0 aliphatic heterocycles. The van der Waals surface area contributed by atoms with Gasteiger partial charge in [0.15, 0.2) is 0 Å². The van der Waals surface area contributed by atoms with Gasteiger partial charge in [-0.05, 0) is 59.5 Å². The van der Waals surface area contributed by atoms with Gasteiger partial charge in [0, 0.05) is 22.1 Å². The Morgan fingerprint density at radius 2 is 1.76 bits per heavy atom. The third-order valence-corrected chi connectivity index (χ3v) is 5.63. The summed E-state index contributed by atoms with van der Waals surface area (Å²) in [5.41, 5.74) is 3.96. The first-order valence-corrected chi connectivity index (χ1v) is 9.25. The van der Waals surface area contributed by atoms with Gasteiger partial charge < -0.3 is 4.42 Å². The predicted molar refractivity (Wildman–Crippen MR) is 105 cm³/mol. The smallest absolute Gasteiger partial charge is 0.336 e. The van der Waals surface area contributed by atoms with Crippen LogP contribution < -0.4 is 5.63 Å². The van der Waals surface area contributed by atoms with E-state index in [0.29, 0.717) is 5.58 Å². The third kappa shape index (κ3) is 3.08. The van der Waals surface area contributed by atoms with E-state index >= 15 is 0 Å². The molecule has 0 atom stereocenters. The monoisotopic (exact) mass is 346 g/mol. The van der Waals surface area contributed by atoms with Crippen LogP contribution in [0.5, 0.6) is 0 Å². The molecule has 0 unspecified atom stereocenters. The van der Waals surface area contributed by atoms with E-state index < -0.39 is 0 Å². The van der Waals surface area contributed by atoms with Crippen LogP contribution in [-0.2, 0) is 5.75 Å². The second-order valence-electron chi connectivity index (χ2n) is 6.29. The van der Waals surface area contributed by atoms with Gasteiger partial charge in [-0.15, -0.1) is 11.8 Å². The summed E-state index contributed by atoms with van der Waals surface area (Å²) in [6.07, 6.45) is 0. The molecule has 0 aliphatic rings. The van der Waals surface area contributed by atoms with Crippen molar-refractivity contribution in [3.63, 3.8) is 0 Å². The summed E-state index contributed by atoms with van der Waals surface area (Å²) in [4.78, 5) is 13.2. The number of benzene rings is 3. The van der Waals surface area contributed by atoms with E-state index in [2.05, 4.69) is 44.2 Å². The molecule has 0 fully saturated rings. The van der Waals surface area contributed by atoms with Crippen molar-refractivity contribution in [1.82, 2.24) is 0 Å². The number of hydrogen-bond donors (Lipinski definition) is 0. The molecule has 0 bridgehead atoms. The maximum Gasteiger partial charge on any atom is 0.336 e. The SMILES string of the molecule is Cc1ccc(SCc2cc(=O)oc3ccc4ccccc4c23)cc1C. The van der Waals surface area contributed by atoms with Crippen molar-refractivity contribution in [2.45, 2.75) is 24.5 Å². The molecule has 3 heteroatoms. The van der Waals surface area contributed by atoms with E-state index in [0.717, 1.165) is 27.5 Å². The molecule has 4 rings (SSSR count). The van der Waals surface area contributed by atoms with E-state index in [1.807, 2.05) is 24.3 Å². The Morgan fingerprint density at radius 3 is 2.60 bits per heavy atom. The molecule has 2 nitrogen and oxygen atoms in total. The van der Waals surface area contributed by atoms with Crippen LogP contribution in [0.2, 0.25) is 0 Å². The van der Waals surface area contributed by atoms with Gasteiger partial charge in [-0.1, -0.05) is 36.4 Å². The predicted octanol–water partition coefficient (Wildman–Crippen LogP) is 5.86. The van der Waals surface area contributed by atoms with Gasteiger partial charge in [-0.3, -0.25) is 0 Å². The molecule has 3 aromatic carbocycles. The Labute approximate surface area is 150 Å². The first-order valence-electron chi connectivity index (χ1n) is 8.26. The molecule has 1 heterocycles. The number of thioether (sulfide) groups is 1. The molecule has 0 aliphatic carbocycles. The van der Waals surface area contributed by atoms with Crippen LogP contribution in [0.15, 0.2) is 74.8 Å². The second kappa shape index (κ2) is 6.41. The van der Waals surface area contributed by atoms with Crippen LogP contribution in [0.1, 0.15) is 16.7 Å². The molecular weight excluding hydrogens is 328 g/mol. The third-order valence-electron chi connectivity index (χ3n) is 4.59. The van der Waals surface area contributed by atoms with Gasteiger partial charge in [-0.25, -0.2) is 4.79 Å². The minimum absolute atomic E-state index is 0.293. The normalized spacial score (nSPS) is 11.3. The Balaban J connectivity index is 1.81. The van der Waals surface area contributed by atoms with Crippen LogP contribution >= 0.6 is 11.8 Å². The Bertz CT molecular complexity index is 1140. The van der Waals surface area contributed by atoms with Crippen molar-refractivity contribution in [2.75, 3.05) is 0 Å². The molecule has 0 spiro atoms. The molecule has 0 saturated carbocycles. The van der Waals surface area contributed by atoms with Gasteiger partial charge in [-0.2, -0.15) is 0 Å². The molecule has 124 valence electrons. The zero-order valence-electron chi connectivity index (χ0n) is 14.2. The van der Waals surface area contributed by atoms with E-state index in [1.54, 1.807) is 17.8 Å². The van der Waals surface area contributed by atoms with Crippen molar-refractivity contribution in [1.29, 1.82) is 0 Å². The van der Waals surface area contributed by atoms with Crippen LogP contribution in [0.4, 0.5) is 0 Å². The molecule has 0 N–H and O–H groups in total. The fourth-order valence-corrected chi connectivity index (χ4v) is 4.07. The Hall–Kier alpha value is -2.52. The highest BCUT2D eigenvalue weighted by atomic mass is 32.2. The summed E-state index contributed by atoms with van der Waals surface area (Å²) < 4.78 is 5.43. The van der Waals surface area contributed by atoms with Crippen LogP contribution in [-0.4, -0.2) is 0 Å². The highest BCUT2D eigenvalue weighted by Gasteiger charge is 2.10. The minimum Gasteiger partial charge on any atom is -0.423 e. The minimum atomic E-state index is -0.293. The zero-order valence-corrected chi connectivity index (χ0v) is 15.0. The second-order valence-corrected chi connectivity index (χ2v) is 7.33. The Kier molecular flexibility index (Phi) is 4.10. The largest absolute Gasteiger partial charge is 0.423 e. The average molecular weight is 346 g/mol. The molecule has 0 amide bonds. The Morgan fingerprint density at radius 1 is 0.920 bits per heavy atom. The quantitative estimate of drug-likeness (QED) is 0.264. The first kappa shape index (κ1) is 16.0. The van der Waals surface area contributed by atoms with Crippen molar-refractivity contribution >= 4 is 33.5 Å². The van der Waals surface area contributed by atoms with Crippen molar-refractivity contribution < 1.29 is 4.42 Å². The standard InChI is InChI=1S/C22H18O2S/c1-14-7-9-18(11-15(14)2)25-13-17-12-21(23)24-20-10-8-16-5-3-4-6-19(16)22(17)20/h3-12H,13H2,1-2H3. The van der Waals surface area contributed by atoms with Gasteiger partial charge in [0.05, 0.1) is 0 Å². The number of rotatable bonds is 3. The molecule has 0 radical (unpaired) electrons. The van der Waals surface area contributed by atoms with E-state index in [1.165, 1.54) is 16.0 Å². The van der Waals surface area contributed by atoms with Gasteiger partial charge >= 0.3 is 5.63 Å². The van der Waals surface area contributed by atoms with Gasteiger partial charge in [0.2, 0.25) is 0 Å². The first-order chi connectivity index (χ1) is 12.1. The van der Waals surface area contributed by atoms with Crippen LogP contribution in [0, 0.1) is 13.8 Å². The molecule has 1 aromatic heterocycles. The topological polar surface area (TPSA) is 30.2 Å². The van der Waals surface area contributed by atoms with Gasteiger partial charge in [0.1, 0.15) is 5.58 Å². The summed E-state index contributed by atoms with van der Waals surface area (Å²) in [7, 11) is 0. The fraction of sp³-hybridized carbons (Fsp3) is 0.136. The number of hydrogen-bond acceptors (Lipinski definition) is 3. The van der Waals surface area contributed by atoms with Crippen molar-refractivity contribution in [2.24, 2.45) is 0 Å². The lowest BCUT2D eigenvalue weighted by molar-refractivity contribution is 0.560. The average Bonchev–Trinajstić information content (AvgIpc) is 2.62. The molecule has 25 heavy (non-hydrogen) atoms. The maximum absolute atomic E-state index is 12.0. The van der Waals surface area contributed by atoms with Gasteiger partial charge in [0.25, 0.3) is 0 Å². The van der Waals surface area contributed by atoms with Crippen LogP contribution in [0.3, 0.4) is 0 Å². The lowest BCUT2D eigenvalue weighted by Gasteiger charge is -2.09. The number of aryl methyl sites for hydroxylation is 2. The van der Waals surface area contributed by atoms with E-state index in [-0.39, 0.29) is 5.63 Å². The lowest BCUT2D eigenvalue weighted by Crippen LogP contribution is -2.00. The molecule has 0 saturated heterocycles. The molecular formula is C22H18O2S. The summed E-state index contributed by atoms with van der Waals surface area (Å²) in [6.45, 7) is 4.24. The van der Waals surface area contributed by atoms with E-state index in [4.69, 9.17) is 4.42 Å². The van der Waals surface area contributed by atoms with Crippen molar-refractivity contribution in [3.05, 3.63) is 87.8 Å². The maximum atomic E-state index is 12.0. The zero-order chi connectivity index (χ0) is 17.4. The fourth-order valence-electron chi connectivity index (χ4n) is 3.10. The summed E-state index contributed by atoms with van der Waals surface area (Å²) in [6, 6.07) is 20.2. The highest BCUT2D eigenvalue weighted by molar-refractivity contribution is 7.98. The summed E-state index contributed by atoms with van der Waals surface area (Å²) in [5, 5.41) is 3.31. The van der Waals surface area contributed by atoms with E-state index in [9.17, 15) is 4.79 Å². The molecule has 4 aromatic rings.